The molecule has 0 rings (SSSR count). The van der Waals surface area contributed by atoms with Crippen LogP contribution in [-0.4, -0.2) is 29.8 Å². The third-order valence-electron chi connectivity index (χ3n) is 2.14. The molecule has 0 aromatic heterocycles. The SMILES string of the molecule is CCOP(=O)(CCC(C)(C)[N+](=O)[O-])OCC. The van der Waals surface area contributed by atoms with Crippen molar-refractivity contribution in [1.82, 2.24) is 0 Å². The van der Waals surface area contributed by atoms with Crippen LogP contribution in [0, 0.1) is 10.1 Å². The van der Waals surface area contributed by atoms with Gasteiger partial charge in [-0.15, -0.1) is 0 Å². The van der Waals surface area contributed by atoms with Crippen molar-refractivity contribution in [2.24, 2.45) is 0 Å². The molecule has 0 aromatic rings. The first-order chi connectivity index (χ1) is 7.27. The summed E-state index contributed by atoms with van der Waals surface area (Å²) >= 11 is 0. The van der Waals surface area contributed by atoms with E-state index in [1.54, 1.807) is 13.8 Å². The number of nitrogens with zero attached hydrogens (tertiary/aromatic N) is 1. The first-order valence-electron chi connectivity index (χ1n) is 5.30. The van der Waals surface area contributed by atoms with Gasteiger partial charge in [-0.25, -0.2) is 0 Å². The van der Waals surface area contributed by atoms with Crippen molar-refractivity contribution < 1.29 is 18.5 Å². The van der Waals surface area contributed by atoms with Gasteiger partial charge in [0.1, 0.15) is 0 Å². The smallest absolute Gasteiger partial charge is 0.309 e. The van der Waals surface area contributed by atoms with E-state index in [-0.39, 0.29) is 30.7 Å². The molecule has 0 amide bonds. The second-order valence-electron chi connectivity index (χ2n) is 3.99. The zero-order valence-corrected chi connectivity index (χ0v) is 11.2. The quantitative estimate of drug-likeness (QED) is 0.377. The highest BCUT2D eigenvalue weighted by molar-refractivity contribution is 7.53. The summed E-state index contributed by atoms with van der Waals surface area (Å²) in [7, 11) is -3.16. The fourth-order valence-corrected chi connectivity index (χ4v) is 3.00. The lowest BCUT2D eigenvalue weighted by atomic mass is 10.0. The molecule has 0 radical (unpaired) electrons. The topological polar surface area (TPSA) is 78.7 Å². The molecule has 0 heterocycles. The third-order valence-corrected chi connectivity index (χ3v) is 4.22. The third kappa shape index (κ3) is 5.05. The van der Waals surface area contributed by atoms with E-state index in [0.29, 0.717) is 0 Å². The van der Waals surface area contributed by atoms with Crippen molar-refractivity contribution in [3.05, 3.63) is 10.1 Å². The van der Waals surface area contributed by atoms with Gasteiger partial charge in [-0.1, -0.05) is 0 Å². The molecular formula is C9H20NO5P. The Kier molecular flexibility index (Phi) is 6.15. The van der Waals surface area contributed by atoms with E-state index < -0.39 is 13.1 Å². The van der Waals surface area contributed by atoms with Crippen LogP contribution in [0.2, 0.25) is 0 Å². The van der Waals surface area contributed by atoms with Crippen molar-refractivity contribution in [2.45, 2.75) is 39.7 Å². The molecule has 0 aromatic carbocycles. The highest BCUT2D eigenvalue weighted by Crippen LogP contribution is 2.49. The van der Waals surface area contributed by atoms with Gasteiger partial charge in [0.25, 0.3) is 0 Å². The van der Waals surface area contributed by atoms with Crippen molar-refractivity contribution in [3.63, 3.8) is 0 Å². The average molecular weight is 253 g/mol. The molecule has 0 unspecified atom stereocenters. The summed E-state index contributed by atoms with van der Waals surface area (Å²) in [6, 6.07) is 0. The predicted molar refractivity (Wildman–Crippen MR) is 61.4 cm³/mol. The van der Waals surface area contributed by atoms with E-state index in [4.69, 9.17) is 9.05 Å². The van der Waals surface area contributed by atoms with E-state index in [9.17, 15) is 14.7 Å². The maximum absolute atomic E-state index is 12.0. The van der Waals surface area contributed by atoms with Crippen molar-refractivity contribution >= 4 is 7.60 Å². The molecule has 0 spiro atoms. The minimum absolute atomic E-state index is 0.0721. The van der Waals surface area contributed by atoms with Gasteiger partial charge in [-0.3, -0.25) is 14.7 Å². The van der Waals surface area contributed by atoms with Crippen molar-refractivity contribution in [1.29, 1.82) is 0 Å². The van der Waals surface area contributed by atoms with Gasteiger partial charge in [0.05, 0.1) is 19.4 Å². The van der Waals surface area contributed by atoms with Crippen LogP contribution in [-0.2, 0) is 13.6 Å². The molecule has 0 aliphatic heterocycles. The van der Waals surface area contributed by atoms with Gasteiger partial charge in [-0.05, 0) is 13.8 Å². The fraction of sp³-hybridized carbons (Fsp3) is 1.00. The van der Waals surface area contributed by atoms with E-state index in [1.807, 2.05) is 0 Å². The molecule has 0 fully saturated rings. The maximum Gasteiger partial charge on any atom is 0.330 e. The van der Waals surface area contributed by atoms with E-state index >= 15 is 0 Å². The standard InChI is InChI=1S/C9H20NO5P/c1-5-14-16(13,15-6-2)8-7-9(3,4)10(11)12/h5-8H2,1-4H3. The molecule has 0 saturated carbocycles. The zero-order chi connectivity index (χ0) is 12.8. The van der Waals surface area contributed by atoms with Crippen LogP contribution in [0.1, 0.15) is 34.1 Å². The summed E-state index contributed by atoms with van der Waals surface area (Å²) < 4.78 is 22.1. The summed E-state index contributed by atoms with van der Waals surface area (Å²) in [5.74, 6) is 0. The second-order valence-corrected chi connectivity index (χ2v) is 6.18. The Morgan fingerprint density at radius 1 is 1.25 bits per heavy atom. The van der Waals surface area contributed by atoms with Gasteiger partial charge in [0, 0.05) is 25.2 Å². The summed E-state index contributed by atoms with van der Waals surface area (Å²) in [4.78, 5) is 10.3. The molecule has 6 nitrogen and oxygen atoms in total. The summed E-state index contributed by atoms with van der Waals surface area (Å²) in [6.45, 7) is 6.96. The Labute approximate surface area is 96.0 Å². The van der Waals surface area contributed by atoms with Gasteiger partial charge < -0.3 is 9.05 Å². The normalized spacial score (nSPS) is 12.8. The molecule has 96 valence electrons. The molecule has 7 heteroatoms. The molecule has 16 heavy (non-hydrogen) atoms. The lowest BCUT2D eigenvalue weighted by Crippen LogP contribution is -2.32. The number of hydrogen-bond acceptors (Lipinski definition) is 5. The van der Waals surface area contributed by atoms with E-state index in [2.05, 4.69) is 0 Å². The highest BCUT2D eigenvalue weighted by atomic mass is 31.2. The molecule has 0 bridgehead atoms. The van der Waals surface area contributed by atoms with E-state index in [1.165, 1.54) is 13.8 Å². The summed E-state index contributed by atoms with van der Waals surface area (Å²) in [5.41, 5.74) is -1.11. The van der Waals surface area contributed by atoms with Crippen LogP contribution in [0.4, 0.5) is 0 Å². The van der Waals surface area contributed by atoms with Gasteiger partial charge in [-0.2, -0.15) is 0 Å². The Bertz CT molecular complexity index is 269. The highest BCUT2D eigenvalue weighted by Gasteiger charge is 2.35. The first-order valence-corrected chi connectivity index (χ1v) is 7.03. The van der Waals surface area contributed by atoms with Gasteiger partial charge >= 0.3 is 7.60 Å². The van der Waals surface area contributed by atoms with Crippen LogP contribution in [0.15, 0.2) is 0 Å². The van der Waals surface area contributed by atoms with Crippen molar-refractivity contribution in [2.75, 3.05) is 19.4 Å². The first kappa shape index (κ1) is 15.6. The molecule has 0 aliphatic rings. The van der Waals surface area contributed by atoms with Crippen molar-refractivity contribution in [3.8, 4) is 0 Å². The number of rotatable bonds is 8. The molecule has 0 atom stereocenters. The molecular weight excluding hydrogens is 233 g/mol. The van der Waals surface area contributed by atoms with Crippen LogP contribution >= 0.6 is 7.60 Å². The van der Waals surface area contributed by atoms with Gasteiger partial charge in [0.2, 0.25) is 5.54 Å². The molecule has 0 aliphatic carbocycles. The Balaban J connectivity index is 4.43. The molecule has 0 N–H and O–H groups in total. The van der Waals surface area contributed by atoms with Gasteiger partial charge in [0.15, 0.2) is 0 Å². The fourth-order valence-electron chi connectivity index (χ4n) is 1.06. The minimum atomic E-state index is -3.16. The Hall–Kier alpha value is -0.450. The van der Waals surface area contributed by atoms with E-state index in [0.717, 1.165) is 0 Å². The Morgan fingerprint density at radius 2 is 1.69 bits per heavy atom. The summed E-state index contributed by atoms with van der Waals surface area (Å²) in [6.07, 6.45) is 0.236. The monoisotopic (exact) mass is 253 g/mol. The average Bonchev–Trinajstić information content (AvgIpc) is 2.16. The van der Waals surface area contributed by atoms with Crippen LogP contribution in [0.25, 0.3) is 0 Å². The predicted octanol–water partition coefficient (Wildman–Crippen LogP) is 2.70. The zero-order valence-electron chi connectivity index (χ0n) is 10.3. The van der Waals surface area contributed by atoms with Crippen LogP contribution in [0.3, 0.4) is 0 Å². The lowest BCUT2D eigenvalue weighted by Gasteiger charge is -2.20. The number of nitro groups is 1. The van der Waals surface area contributed by atoms with Crippen LogP contribution in [0.5, 0.6) is 0 Å². The summed E-state index contributed by atoms with van der Waals surface area (Å²) in [5, 5.41) is 10.7. The largest absolute Gasteiger partial charge is 0.330 e. The maximum atomic E-state index is 12.0. The minimum Gasteiger partial charge on any atom is -0.309 e. The lowest BCUT2D eigenvalue weighted by molar-refractivity contribution is -0.560. The van der Waals surface area contributed by atoms with Crippen LogP contribution < -0.4 is 0 Å². The Morgan fingerprint density at radius 3 is 2.00 bits per heavy atom. The second kappa shape index (κ2) is 6.33. The number of hydrogen-bond donors (Lipinski definition) is 0. The molecule has 0 saturated heterocycles.